The van der Waals surface area contributed by atoms with Gasteiger partial charge in [-0.2, -0.15) is 0 Å². The van der Waals surface area contributed by atoms with E-state index in [-0.39, 0.29) is 17.4 Å². The molecule has 1 aromatic heterocycles. The fourth-order valence-electron chi connectivity index (χ4n) is 3.55. The van der Waals surface area contributed by atoms with Crippen molar-refractivity contribution in [2.24, 2.45) is 0 Å². The molecule has 1 aliphatic rings. The lowest BCUT2D eigenvalue weighted by atomic mass is 10.1. The van der Waals surface area contributed by atoms with E-state index in [1.165, 1.54) is 37.0 Å². The Kier molecular flexibility index (Phi) is 6.90. The van der Waals surface area contributed by atoms with Crippen molar-refractivity contribution < 1.29 is 4.79 Å². The van der Waals surface area contributed by atoms with Crippen LogP contribution in [0.1, 0.15) is 24.8 Å². The van der Waals surface area contributed by atoms with Crippen LogP contribution in [0.3, 0.4) is 0 Å². The van der Waals surface area contributed by atoms with Crippen molar-refractivity contribution in [2.75, 3.05) is 18.4 Å². The van der Waals surface area contributed by atoms with Crippen LogP contribution < -0.4 is 11.0 Å². The Hall–Kier alpha value is -1.99. The van der Waals surface area contributed by atoms with Crippen molar-refractivity contribution in [3.05, 3.63) is 62.5 Å². The van der Waals surface area contributed by atoms with E-state index < -0.39 is 11.7 Å². The molecule has 29 heavy (non-hydrogen) atoms. The van der Waals surface area contributed by atoms with Gasteiger partial charge in [-0.15, -0.1) is 12.4 Å². The average molecular weight is 456 g/mol. The number of carbonyl (C=O) groups excluding carboxylic acids is 1. The van der Waals surface area contributed by atoms with Gasteiger partial charge in [-0.25, -0.2) is 14.2 Å². The fraction of sp³-hybridized carbons (Fsp3) is 0.300. The van der Waals surface area contributed by atoms with Crippen LogP contribution in [0.25, 0.3) is 11.0 Å². The predicted molar refractivity (Wildman–Crippen MR) is 120 cm³/mol. The van der Waals surface area contributed by atoms with E-state index in [1.54, 1.807) is 0 Å². The van der Waals surface area contributed by atoms with Gasteiger partial charge in [0.2, 0.25) is 0 Å². The summed E-state index contributed by atoms with van der Waals surface area (Å²) in [6, 6.07) is 10.2. The lowest BCUT2D eigenvalue weighted by molar-refractivity contribution is 0.221. The van der Waals surface area contributed by atoms with Crippen molar-refractivity contribution in [3.63, 3.8) is 0 Å². The van der Waals surface area contributed by atoms with Crippen molar-refractivity contribution in [1.29, 1.82) is 0 Å². The number of rotatable bonds is 3. The fourth-order valence-corrected chi connectivity index (χ4v) is 3.87. The van der Waals surface area contributed by atoms with Gasteiger partial charge in [-0.3, -0.25) is 4.90 Å². The molecule has 1 saturated heterocycles. The number of halogens is 3. The quantitative estimate of drug-likeness (QED) is 0.575. The van der Waals surface area contributed by atoms with Gasteiger partial charge >= 0.3 is 11.7 Å². The van der Waals surface area contributed by atoms with Gasteiger partial charge < -0.3 is 10.3 Å². The number of nitrogens with zero attached hydrogens (tertiary/aromatic N) is 2. The number of nitrogens with one attached hydrogen (secondary N) is 2. The zero-order valence-electron chi connectivity index (χ0n) is 15.6. The number of likely N-dealkylation sites (tertiary alicyclic amines) is 1. The van der Waals surface area contributed by atoms with Gasteiger partial charge in [0.25, 0.3) is 0 Å². The summed E-state index contributed by atoms with van der Waals surface area (Å²) in [5, 5.41) is 3.34. The summed E-state index contributed by atoms with van der Waals surface area (Å²) >= 11 is 12.0. The highest BCUT2D eigenvalue weighted by atomic mass is 35.5. The Morgan fingerprint density at radius 2 is 1.69 bits per heavy atom. The first-order chi connectivity index (χ1) is 13.5. The maximum atomic E-state index is 12.7. The van der Waals surface area contributed by atoms with Crippen LogP contribution in [0.5, 0.6) is 0 Å². The molecule has 1 fully saturated rings. The maximum absolute atomic E-state index is 12.7. The third-order valence-corrected chi connectivity index (χ3v) is 5.71. The molecule has 2 N–H and O–H groups in total. The minimum absolute atomic E-state index is 0. The summed E-state index contributed by atoms with van der Waals surface area (Å²) in [6.07, 6.45) is 3.82. The molecular weight excluding hydrogens is 435 g/mol. The normalized spacial score (nSPS) is 14.6. The molecule has 154 valence electrons. The molecule has 0 aliphatic carbocycles. The van der Waals surface area contributed by atoms with Gasteiger partial charge in [0.1, 0.15) is 0 Å². The van der Waals surface area contributed by atoms with Crippen LogP contribution >= 0.6 is 35.6 Å². The second kappa shape index (κ2) is 9.22. The summed E-state index contributed by atoms with van der Waals surface area (Å²) in [7, 11) is 0. The van der Waals surface area contributed by atoms with Gasteiger partial charge in [0.15, 0.2) is 0 Å². The molecule has 0 radical (unpaired) electrons. The number of piperidine rings is 1. The summed E-state index contributed by atoms with van der Waals surface area (Å²) < 4.78 is 1.01. The molecule has 0 bridgehead atoms. The van der Waals surface area contributed by atoms with Crippen LogP contribution in [0.2, 0.25) is 10.0 Å². The Bertz CT molecular complexity index is 1070. The van der Waals surface area contributed by atoms with Gasteiger partial charge in [0.05, 0.1) is 21.1 Å². The van der Waals surface area contributed by atoms with E-state index in [1.807, 2.05) is 24.3 Å². The second-order valence-corrected chi connectivity index (χ2v) is 7.83. The number of hydrogen-bond donors (Lipinski definition) is 2. The zero-order valence-corrected chi connectivity index (χ0v) is 17.9. The first-order valence-electron chi connectivity index (χ1n) is 9.24. The second-order valence-electron chi connectivity index (χ2n) is 7.01. The topological polar surface area (TPSA) is 70.1 Å². The molecule has 9 heteroatoms. The molecule has 1 amide bonds. The number of hydrogen-bond acceptors (Lipinski definition) is 3. The lowest BCUT2D eigenvalue weighted by Crippen LogP contribution is -2.29. The SMILES string of the molecule is Cl.O=C(Nc1ccc(CN2CCCCC2)cc1)n1c(=O)[nH]c2cc(Cl)c(Cl)cc21. The van der Waals surface area contributed by atoms with Crippen LogP contribution in [-0.4, -0.2) is 33.6 Å². The Balaban J connectivity index is 0.00000240. The summed E-state index contributed by atoms with van der Waals surface area (Å²) in [5.74, 6) is 0. The van der Waals surface area contributed by atoms with Crippen LogP contribution in [-0.2, 0) is 6.54 Å². The molecule has 0 unspecified atom stereocenters. The molecule has 4 rings (SSSR count). The maximum Gasteiger partial charge on any atom is 0.334 e. The van der Waals surface area contributed by atoms with E-state index in [4.69, 9.17) is 23.2 Å². The Morgan fingerprint density at radius 3 is 2.38 bits per heavy atom. The van der Waals surface area contributed by atoms with E-state index in [0.717, 1.165) is 24.2 Å². The van der Waals surface area contributed by atoms with Crippen molar-refractivity contribution in [1.82, 2.24) is 14.5 Å². The Labute approximate surface area is 184 Å². The molecule has 0 spiro atoms. The molecule has 0 atom stereocenters. The number of H-pyrrole nitrogens is 1. The minimum Gasteiger partial charge on any atom is -0.307 e. The zero-order chi connectivity index (χ0) is 19.7. The number of benzene rings is 2. The van der Waals surface area contributed by atoms with E-state index in [0.29, 0.717) is 21.7 Å². The first-order valence-corrected chi connectivity index (χ1v) is 9.99. The van der Waals surface area contributed by atoms with E-state index >= 15 is 0 Å². The van der Waals surface area contributed by atoms with E-state index in [2.05, 4.69) is 15.2 Å². The van der Waals surface area contributed by atoms with Crippen LogP contribution in [0.15, 0.2) is 41.2 Å². The standard InChI is InChI=1S/C20H20Cl2N4O2.ClH/c21-15-10-17-18(11-16(15)22)26(20(28)24-17)19(27)23-14-6-4-13(5-7-14)12-25-8-2-1-3-9-25;/h4-7,10-11H,1-3,8-9,12H2,(H,23,27)(H,24,28);1H. The average Bonchev–Trinajstić information content (AvgIpc) is 2.99. The van der Waals surface area contributed by atoms with Gasteiger partial charge in [-0.05, 0) is 55.8 Å². The largest absolute Gasteiger partial charge is 0.334 e. The van der Waals surface area contributed by atoms with Crippen LogP contribution in [0.4, 0.5) is 10.5 Å². The molecule has 1 aliphatic heterocycles. The first kappa shape index (κ1) is 21.7. The summed E-state index contributed by atoms with van der Waals surface area (Å²) in [6.45, 7) is 3.18. The molecule has 0 saturated carbocycles. The highest BCUT2D eigenvalue weighted by molar-refractivity contribution is 6.42. The highest BCUT2D eigenvalue weighted by Crippen LogP contribution is 2.26. The van der Waals surface area contributed by atoms with E-state index in [9.17, 15) is 9.59 Å². The third-order valence-electron chi connectivity index (χ3n) is 4.99. The number of imidazole rings is 1. The number of fused-ring (bicyclic) bond motifs is 1. The monoisotopic (exact) mass is 454 g/mol. The van der Waals surface area contributed by atoms with Crippen molar-refractivity contribution in [3.8, 4) is 0 Å². The van der Waals surface area contributed by atoms with Crippen molar-refractivity contribution in [2.45, 2.75) is 25.8 Å². The molecule has 6 nitrogen and oxygen atoms in total. The number of amides is 1. The smallest absolute Gasteiger partial charge is 0.307 e. The molecule has 3 aromatic rings. The number of anilines is 1. The van der Waals surface area contributed by atoms with Crippen molar-refractivity contribution >= 4 is 58.4 Å². The molecule has 2 aromatic carbocycles. The van der Waals surface area contributed by atoms with Gasteiger partial charge in [0, 0.05) is 12.2 Å². The lowest BCUT2D eigenvalue weighted by Gasteiger charge is -2.26. The summed E-state index contributed by atoms with van der Waals surface area (Å²) in [4.78, 5) is 29.9. The predicted octanol–water partition coefficient (Wildman–Crippen LogP) is 5.12. The minimum atomic E-state index is -0.557. The highest BCUT2D eigenvalue weighted by Gasteiger charge is 2.16. The third kappa shape index (κ3) is 4.78. The van der Waals surface area contributed by atoms with Gasteiger partial charge in [-0.1, -0.05) is 41.8 Å². The number of carbonyl (C=O) groups is 1. The van der Waals surface area contributed by atoms with Crippen LogP contribution in [0, 0.1) is 0 Å². The molecular formula is C20H21Cl3N4O2. The number of aromatic amines is 1. The molecule has 2 heterocycles. The summed E-state index contributed by atoms with van der Waals surface area (Å²) in [5.41, 5.74) is 2.09. The Morgan fingerprint density at radius 1 is 1.03 bits per heavy atom. The number of aromatic nitrogens is 2.